The van der Waals surface area contributed by atoms with Gasteiger partial charge in [-0.3, -0.25) is 4.98 Å². The first kappa shape index (κ1) is 14.6. The fourth-order valence-corrected chi connectivity index (χ4v) is 2.31. The molecule has 0 fully saturated rings. The zero-order valence-corrected chi connectivity index (χ0v) is 13.8. The number of benzene rings is 1. The van der Waals surface area contributed by atoms with Gasteiger partial charge in [0.15, 0.2) is 0 Å². The molecule has 0 amide bonds. The van der Waals surface area contributed by atoms with Crippen LogP contribution in [-0.4, -0.2) is 15.0 Å². The number of hydrogen-bond donors (Lipinski definition) is 0. The molecule has 3 heterocycles. The summed E-state index contributed by atoms with van der Waals surface area (Å²) in [5, 5.41) is 0. The Labute approximate surface area is 142 Å². The molecule has 3 aromatic rings. The first-order valence-electron chi connectivity index (χ1n) is 6.54. The standard InChI is InChI=1S/C16H11N5.Ir/c1-2-5-13(6-3-1)20-12-21(14-7-4-8-17-9-14)16-15(20)10-18-11-19-16;/h1-5,7-12H;/q-2;. The number of fused-ring (bicyclic) bond motifs is 1. The Morgan fingerprint density at radius 3 is 2.73 bits per heavy atom. The molecular formula is C16H11IrN5-2. The normalized spacial score (nSPS) is 12.7. The Morgan fingerprint density at radius 1 is 1.00 bits per heavy atom. The zero-order chi connectivity index (χ0) is 14.1. The van der Waals surface area contributed by atoms with E-state index in [2.05, 4.69) is 21.0 Å². The number of aromatic nitrogens is 3. The van der Waals surface area contributed by atoms with Gasteiger partial charge in [0.25, 0.3) is 0 Å². The molecule has 2 aromatic heterocycles. The fourth-order valence-electron chi connectivity index (χ4n) is 2.31. The third kappa shape index (κ3) is 2.47. The van der Waals surface area contributed by atoms with Crippen LogP contribution in [0, 0.1) is 12.7 Å². The van der Waals surface area contributed by atoms with Crippen molar-refractivity contribution in [3.8, 4) is 0 Å². The Morgan fingerprint density at radius 2 is 1.95 bits per heavy atom. The second-order valence-corrected chi connectivity index (χ2v) is 4.55. The van der Waals surface area contributed by atoms with Crippen molar-refractivity contribution in [1.82, 2.24) is 15.0 Å². The van der Waals surface area contributed by atoms with Crippen LogP contribution >= 0.6 is 0 Å². The topological polar surface area (TPSA) is 45.2 Å². The number of rotatable bonds is 2. The Bertz CT molecular complexity index is 686. The first-order valence-corrected chi connectivity index (χ1v) is 6.54. The molecule has 0 saturated heterocycles. The molecule has 0 atom stereocenters. The molecule has 22 heavy (non-hydrogen) atoms. The Hall–Kier alpha value is -2.30. The summed E-state index contributed by atoms with van der Waals surface area (Å²) in [6.07, 6.45) is 6.91. The van der Waals surface area contributed by atoms with Crippen molar-refractivity contribution in [2.75, 3.05) is 9.80 Å². The number of para-hydroxylation sites is 1. The van der Waals surface area contributed by atoms with Crippen LogP contribution in [0.1, 0.15) is 0 Å². The SMILES string of the molecule is [Ir].[c-]1ccccc1N1[CH-]N(c2cccnc2)c2ncncc21. The van der Waals surface area contributed by atoms with Crippen molar-refractivity contribution < 1.29 is 20.1 Å². The molecule has 1 aliphatic heterocycles. The number of anilines is 4. The summed E-state index contributed by atoms with van der Waals surface area (Å²) in [4.78, 5) is 16.7. The third-order valence-electron chi connectivity index (χ3n) is 3.27. The van der Waals surface area contributed by atoms with Crippen LogP contribution in [0.2, 0.25) is 0 Å². The van der Waals surface area contributed by atoms with E-state index in [1.54, 1.807) is 24.9 Å². The average Bonchev–Trinajstić information content (AvgIpc) is 2.96. The summed E-state index contributed by atoms with van der Waals surface area (Å²) in [5.41, 5.74) is 2.82. The molecule has 5 nitrogen and oxygen atoms in total. The van der Waals surface area contributed by atoms with Gasteiger partial charge in [-0.2, -0.15) is 30.3 Å². The summed E-state index contributed by atoms with van der Waals surface area (Å²) in [5.74, 6) is 0.829. The van der Waals surface area contributed by atoms with Crippen molar-refractivity contribution in [2.45, 2.75) is 0 Å². The van der Waals surface area contributed by atoms with Crippen LogP contribution < -0.4 is 9.80 Å². The monoisotopic (exact) mass is 466 g/mol. The van der Waals surface area contributed by atoms with E-state index in [-0.39, 0.29) is 20.1 Å². The van der Waals surface area contributed by atoms with Gasteiger partial charge in [-0.05, 0) is 12.1 Å². The van der Waals surface area contributed by atoms with Crippen LogP contribution in [-0.2, 0) is 20.1 Å². The quantitative estimate of drug-likeness (QED) is 0.545. The van der Waals surface area contributed by atoms with Gasteiger partial charge in [0, 0.05) is 38.2 Å². The first-order chi connectivity index (χ1) is 10.4. The van der Waals surface area contributed by atoms with E-state index in [4.69, 9.17) is 0 Å². The summed E-state index contributed by atoms with van der Waals surface area (Å²) in [7, 11) is 0. The minimum atomic E-state index is 0. The van der Waals surface area contributed by atoms with E-state index >= 15 is 0 Å². The van der Waals surface area contributed by atoms with E-state index in [0.717, 1.165) is 22.9 Å². The maximum atomic E-state index is 4.39. The van der Waals surface area contributed by atoms with Crippen molar-refractivity contribution in [1.29, 1.82) is 0 Å². The molecule has 111 valence electrons. The van der Waals surface area contributed by atoms with E-state index in [1.165, 1.54) is 0 Å². The summed E-state index contributed by atoms with van der Waals surface area (Å²) in [6.45, 7) is 1.97. The molecule has 6 heteroatoms. The van der Waals surface area contributed by atoms with Gasteiger partial charge in [0.05, 0.1) is 11.9 Å². The van der Waals surface area contributed by atoms with Gasteiger partial charge in [-0.15, -0.1) is 12.4 Å². The van der Waals surface area contributed by atoms with Gasteiger partial charge in [0.1, 0.15) is 12.1 Å². The Balaban J connectivity index is 0.00000144. The van der Waals surface area contributed by atoms with Crippen LogP contribution in [0.5, 0.6) is 0 Å². The third-order valence-corrected chi connectivity index (χ3v) is 3.27. The smallest absolute Gasteiger partial charge is 0.129 e. The summed E-state index contributed by atoms with van der Waals surface area (Å²) >= 11 is 0. The predicted molar refractivity (Wildman–Crippen MR) is 80.1 cm³/mol. The average molecular weight is 466 g/mol. The predicted octanol–water partition coefficient (Wildman–Crippen LogP) is 3.08. The van der Waals surface area contributed by atoms with E-state index < -0.39 is 0 Å². The fraction of sp³-hybridized carbons (Fsp3) is 0. The minimum Gasteiger partial charge on any atom is -0.491 e. The molecule has 1 aliphatic rings. The maximum Gasteiger partial charge on any atom is 0.129 e. The summed E-state index contributed by atoms with van der Waals surface area (Å²) in [6, 6.07) is 14.9. The minimum absolute atomic E-state index is 0. The van der Waals surface area contributed by atoms with Gasteiger partial charge >= 0.3 is 0 Å². The van der Waals surface area contributed by atoms with Crippen LogP contribution in [0.25, 0.3) is 0 Å². The number of hydrogen-bond acceptors (Lipinski definition) is 5. The second-order valence-electron chi connectivity index (χ2n) is 4.55. The molecule has 0 unspecified atom stereocenters. The van der Waals surface area contributed by atoms with E-state index in [9.17, 15) is 0 Å². The zero-order valence-electron chi connectivity index (χ0n) is 11.4. The van der Waals surface area contributed by atoms with Crippen LogP contribution in [0.3, 0.4) is 0 Å². The molecule has 1 aromatic carbocycles. The maximum absolute atomic E-state index is 4.39. The van der Waals surface area contributed by atoms with Crippen LogP contribution in [0.4, 0.5) is 22.9 Å². The molecule has 0 aliphatic carbocycles. The van der Waals surface area contributed by atoms with E-state index in [1.807, 2.05) is 52.9 Å². The van der Waals surface area contributed by atoms with Crippen molar-refractivity contribution in [3.63, 3.8) is 0 Å². The molecular weight excluding hydrogens is 454 g/mol. The van der Waals surface area contributed by atoms with Gasteiger partial charge in [0.2, 0.25) is 0 Å². The van der Waals surface area contributed by atoms with Crippen molar-refractivity contribution in [3.05, 3.63) is 74.1 Å². The molecule has 4 rings (SSSR count). The second kappa shape index (κ2) is 6.22. The van der Waals surface area contributed by atoms with E-state index in [0.29, 0.717) is 0 Å². The van der Waals surface area contributed by atoms with Crippen molar-refractivity contribution >= 4 is 22.9 Å². The summed E-state index contributed by atoms with van der Waals surface area (Å²) < 4.78 is 0. The molecule has 0 N–H and O–H groups in total. The molecule has 0 saturated carbocycles. The van der Waals surface area contributed by atoms with Crippen molar-refractivity contribution in [2.24, 2.45) is 0 Å². The molecule has 1 radical (unpaired) electrons. The van der Waals surface area contributed by atoms with Gasteiger partial charge in [-0.1, -0.05) is 0 Å². The largest absolute Gasteiger partial charge is 0.491 e. The number of pyridine rings is 1. The van der Waals surface area contributed by atoms with Gasteiger partial charge < -0.3 is 9.80 Å². The molecule has 0 spiro atoms. The van der Waals surface area contributed by atoms with Crippen LogP contribution in [0.15, 0.2) is 61.3 Å². The molecule has 0 bridgehead atoms. The number of nitrogens with zero attached hydrogens (tertiary/aromatic N) is 5. The Kier molecular flexibility index (Phi) is 4.13. The van der Waals surface area contributed by atoms with Gasteiger partial charge in [-0.25, -0.2) is 9.97 Å².